The molecule has 16 heavy (non-hydrogen) atoms. The van der Waals surface area contributed by atoms with Gasteiger partial charge in [-0.2, -0.15) is 0 Å². The molecule has 2 N–H and O–H groups in total. The summed E-state index contributed by atoms with van der Waals surface area (Å²) < 4.78 is 5.38. The Labute approximate surface area is 96.4 Å². The minimum atomic E-state index is -0.363. The van der Waals surface area contributed by atoms with Gasteiger partial charge in [-0.1, -0.05) is 12.8 Å². The maximum Gasteiger partial charge on any atom is 0.225 e. The van der Waals surface area contributed by atoms with E-state index >= 15 is 0 Å². The van der Waals surface area contributed by atoms with Gasteiger partial charge in [-0.15, -0.1) is 0 Å². The molecular weight excluding hydrogens is 206 g/mol. The van der Waals surface area contributed by atoms with Crippen LogP contribution in [0.3, 0.4) is 0 Å². The smallest absolute Gasteiger partial charge is 0.225 e. The van der Waals surface area contributed by atoms with Gasteiger partial charge in [-0.25, -0.2) is 0 Å². The first-order valence-electron chi connectivity index (χ1n) is 6.27. The second kappa shape index (κ2) is 5.15. The molecule has 92 valence electrons. The van der Waals surface area contributed by atoms with E-state index in [-0.39, 0.29) is 30.1 Å². The van der Waals surface area contributed by atoms with Crippen LogP contribution in [-0.4, -0.2) is 35.9 Å². The molecule has 0 aromatic rings. The number of ether oxygens (including phenoxy) is 1. The average Bonchev–Trinajstić information content (AvgIpc) is 2.68. The summed E-state index contributed by atoms with van der Waals surface area (Å²) in [4.78, 5) is 11.9. The molecule has 1 saturated heterocycles. The molecule has 0 bridgehead atoms. The van der Waals surface area contributed by atoms with Crippen molar-refractivity contribution in [1.82, 2.24) is 5.32 Å². The summed E-state index contributed by atoms with van der Waals surface area (Å²) in [6.07, 6.45) is 4.49. The largest absolute Gasteiger partial charge is 0.391 e. The summed E-state index contributed by atoms with van der Waals surface area (Å²) in [7, 11) is 0. The standard InChI is InChI=1S/C12H21NO3/c1-8-6-9(7-16-8)12(15)13-10-4-2-3-5-11(10)14/h8-11,14H,2-7H2,1H3,(H,13,15). The van der Waals surface area contributed by atoms with E-state index in [4.69, 9.17) is 4.74 Å². The van der Waals surface area contributed by atoms with Crippen LogP contribution >= 0.6 is 0 Å². The van der Waals surface area contributed by atoms with Gasteiger partial charge in [-0.3, -0.25) is 4.79 Å². The first-order valence-corrected chi connectivity index (χ1v) is 6.27. The van der Waals surface area contributed by atoms with Crippen LogP contribution in [0.15, 0.2) is 0 Å². The van der Waals surface area contributed by atoms with Gasteiger partial charge >= 0.3 is 0 Å². The third kappa shape index (κ3) is 2.74. The number of aliphatic hydroxyl groups excluding tert-OH is 1. The van der Waals surface area contributed by atoms with E-state index in [2.05, 4.69) is 5.32 Å². The highest BCUT2D eigenvalue weighted by molar-refractivity contribution is 5.79. The zero-order valence-electron chi connectivity index (χ0n) is 9.82. The van der Waals surface area contributed by atoms with E-state index < -0.39 is 0 Å². The van der Waals surface area contributed by atoms with Gasteiger partial charge < -0.3 is 15.2 Å². The summed E-state index contributed by atoms with van der Waals surface area (Å²) in [6, 6.07) is -0.0443. The van der Waals surface area contributed by atoms with E-state index in [9.17, 15) is 9.90 Å². The SMILES string of the molecule is CC1CC(C(=O)NC2CCCCC2O)CO1. The summed E-state index contributed by atoms with van der Waals surface area (Å²) in [6.45, 7) is 2.51. The molecule has 2 aliphatic rings. The van der Waals surface area contributed by atoms with Gasteiger partial charge in [0.1, 0.15) is 0 Å². The number of carbonyl (C=O) groups excluding carboxylic acids is 1. The van der Waals surface area contributed by atoms with Crippen LogP contribution in [0.2, 0.25) is 0 Å². The lowest BCUT2D eigenvalue weighted by Gasteiger charge is -2.29. The monoisotopic (exact) mass is 227 g/mol. The molecule has 0 spiro atoms. The molecular formula is C12H21NO3. The van der Waals surface area contributed by atoms with Gasteiger partial charge in [0, 0.05) is 0 Å². The Hall–Kier alpha value is -0.610. The van der Waals surface area contributed by atoms with Crippen molar-refractivity contribution in [2.45, 2.75) is 57.3 Å². The summed E-state index contributed by atoms with van der Waals surface area (Å²) in [5.41, 5.74) is 0. The lowest BCUT2D eigenvalue weighted by Crippen LogP contribution is -2.47. The number of carbonyl (C=O) groups is 1. The predicted molar refractivity (Wildman–Crippen MR) is 59.9 cm³/mol. The first kappa shape index (κ1) is 11.9. The summed E-state index contributed by atoms with van der Waals surface area (Å²) in [5, 5.41) is 12.7. The average molecular weight is 227 g/mol. The molecule has 0 radical (unpaired) electrons. The number of nitrogens with one attached hydrogen (secondary N) is 1. The van der Waals surface area contributed by atoms with Crippen LogP contribution in [0, 0.1) is 5.92 Å². The molecule has 2 rings (SSSR count). The lowest BCUT2D eigenvalue weighted by atomic mass is 9.92. The van der Waals surface area contributed by atoms with Gasteiger partial charge in [0.15, 0.2) is 0 Å². The maximum atomic E-state index is 11.9. The summed E-state index contributed by atoms with van der Waals surface area (Å²) in [5.74, 6) is 0.0272. The molecule has 4 nitrogen and oxygen atoms in total. The lowest BCUT2D eigenvalue weighted by molar-refractivity contribution is -0.126. The van der Waals surface area contributed by atoms with Crippen molar-refractivity contribution in [3.05, 3.63) is 0 Å². The van der Waals surface area contributed by atoms with Gasteiger partial charge in [0.2, 0.25) is 5.91 Å². The molecule has 1 amide bonds. The molecule has 4 heteroatoms. The Morgan fingerprint density at radius 3 is 2.75 bits per heavy atom. The van der Waals surface area contributed by atoms with E-state index in [0.717, 1.165) is 32.1 Å². The third-order valence-corrected chi connectivity index (χ3v) is 3.63. The number of hydrogen-bond acceptors (Lipinski definition) is 3. The Morgan fingerprint density at radius 2 is 2.12 bits per heavy atom. The van der Waals surface area contributed by atoms with Gasteiger partial charge in [0.05, 0.1) is 30.8 Å². The minimum absolute atomic E-state index is 0.0240. The highest BCUT2D eigenvalue weighted by atomic mass is 16.5. The van der Waals surface area contributed by atoms with Gasteiger partial charge in [-0.05, 0) is 26.2 Å². The topological polar surface area (TPSA) is 58.6 Å². The van der Waals surface area contributed by atoms with Crippen LogP contribution in [0.1, 0.15) is 39.0 Å². The quantitative estimate of drug-likeness (QED) is 0.734. The van der Waals surface area contributed by atoms with E-state index in [1.54, 1.807) is 0 Å². The second-order valence-electron chi connectivity index (χ2n) is 5.04. The molecule has 4 atom stereocenters. The Kier molecular flexibility index (Phi) is 3.82. The maximum absolute atomic E-state index is 11.9. The molecule has 1 aliphatic heterocycles. The molecule has 1 heterocycles. The Bertz CT molecular complexity index is 257. The zero-order valence-corrected chi connectivity index (χ0v) is 9.82. The fraction of sp³-hybridized carbons (Fsp3) is 0.917. The van der Waals surface area contributed by atoms with Crippen molar-refractivity contribution in [1.29, 1.82) is 0 Å². The van der Waals surface area contributed by atoms with Crippen LogP contribution in [-0.2, 0) is 9.53 Å². The van der Waals surface area contributed by atoms with Crippen molar-refractivity contribution in [2.75, 3.05) is 6.61 Å². The number of rotatable bonds is 2. The predicted octanol–water partition coefficient (Wildman–Crippen LogP) is 0.831. The highest BCUT2D eigenvalue weighted by Gasteiger charge is 2.31. The van der Waals surface area contributed by atoms with Crippen molar-refractivity contribution < 1.29 is 14.6 Å². The Morgan fingerprint density at radius 1 is 1.38 bits per heavy atom. The fourth-order valence-corrected chi connectivity index (χ4v) is 2.58. The number of hydrogen-bond donors (Lipinski definition) is 2. The molecule has 0 aromatic carbocycles. The molecule has 2 fully saturated rings. The van der Waals surface area contributed by atoms with Crippen molar-refractivity contribution in [3.8, 4) is 0 Å². The van der Waals surface area contributed by atoms with E-state index in [1.165, 1.54) is 0 Å². The molecule has 4 unspecified atom stereocenters. The molecule has 1 aliphatic carbocycles. The number of amides is 1. The van der Waals surface area contributed by atoms with Crippen LogP contribution in [0.25, 0.3) is 0 Å². The number of aliphatic hydroxyl groups is 1. The highest BCUT2D eigenvalue weighted by Crippen LogP contribution is 2.22. The van der Waals surface area contributed by atoms with E-state index in [1.807, 2.05) is 6.92 Å². The normalized spacial score (nSPS) is 39.6. The summed E-state index contributed by atoms with van der Waals surface area (Å²) >= 11 is 0. The molecule has 0 aromatic heterocycles. The van der Waals surface area contributed by atoms with Crippen molar-refractivity contribution in [3.63, 3.8) is 0 Å². The fourth-order valence-electron chi connectivity index (χ4n) is 2.58. The van der Waals surface area contributed by atoms with Crippen LogP contribution in [0.5, 0.6) is 0 Å². The van der Waals surface area contributed by atoms with Crippen LogP contribution in [0.4, 0.5) is 0 Å². The zero-order chi connectivity index (χ0) is 11.5. The van der Waals surface area contributed by atoms with Crippen molar-refractivity contribution >= 4 is 5.91 Å². The van der Waals surface area contributed by atoms with Crippen LogP contribution < -0.4 is 5.32 Å². The van der Waals surface area contributed by atoms with Gasteiger partial charge in [0.25, 0.3) is 0 Å². The third-order valence-electron chi connectivity index (χ3n) is 3.63. The first-order chi connectivity index (χ1) is 7.66. The molecule has 1 saturated carbocycles. The Balaban J connectivity index is 1.82. The van der Waals surface area contributed by atoms with Crippen molar-refractivity contribution in [2.24, 2.45) is 5.92 Å². The minimum Gasteiger partial charge on any atom is -0.391 e. The second-order valence-corrected chi connectivity index (χ2v) is 5.04. The van der Waals surface area contributed by atoms with E-state index in [0.29, 0.717) is 6.61 Å².